The van der Waals surface area contributed by atoms with Crippen LogP contribution in [0.2, 0.25) is 0 Å². The van der Waals surface area contributed by atoms with E-state index < -0.39 is 17.4 Å². The molecule has 0 saturated heterocycles. The second kappa shape index (κ2) is 2.86. The normalized spacial score (nSPS) is 11.8. The fourth-order valence-corrected chi connectivity index (χ4v) is 0.800. The van der Waals surface area contributed by atoms with Gasteiger partial charge in [0, 0.05) is 13.1 Å². The van der Waals surface area contributed by atoms with Crippen LogP contribution in [0.5, 0.6) is 0 Å². The highest BCUT2D eigenvalue weighted by atomic mass is 19.4. The number of alkyl halides is 3. The molecule has 1 aromatic rings. The molecular weight excluding hydrogens is 185 g/mol. The third kappa shape index (κ3) is 1.88. The predicted molar refractivity (Wildman–Crippen MR) is 39.2 cm³/mol. The summed E-state index contributed by atoms with van der Waals surface area (Å²) in [7, 11) is 1.37. The van der Waals surface area contributed by atoms with Crippen molar-refractivity contribution < 1.29 is 13.2 Å². The second-order valence-corrected chi connectivity index (χ2v) is 2.58. The largest absolute Gasteiger partial charge is 0.433 e. The fraction of sp³-hybridized carbons (Fsp3) is 0.429. The molecular formula is C7H7F3N2O. The second-order valence-electron chi connectivity index (χ2n) is 2.58. The molecule has 3 nitrogen and oxygen atoms in total. The molecule has 6 heteroatoms. The first kappa shape index (κ1) is 9.76. The zero-order valence-electron chi connectivity index (χ0n) is 7.01. The molecule has 0 aliphatic heterocycles. The highest BCUT2D eigenvalue weighted by Crippen LogP contribution is 2.26. The van der Waals surface area contributed by atoms with Gasteiger partial charge in [0.25, 0.3) is 5.56 Å². The highest BCUT2D eigenvalue weighted by molar-refractivity contribution is 5.06. The lowest BCUT2D eigenvalue weighted by molar-refractivity contribution is -0.141. The van der Waals surface area contributed by atoms with Gasteiger partial charge in [-0.25, -0.2) is 4.98 Å². The average Bonchev–Trinajstić information content (AvgIpc) is 1.97. The molecule has 0 fully saturated rings. The van der Waals surface area contributed by atoms with Gasteiger partial charge < -0.3 is 4.57 Å². The van der Waals surface area contributed by atoms with Crippen molar-refractivity contribution in [2.24, 2.45) is 7.05 Å². The Hall–Kier alpha value is -1.33. The van der Waals surface area contributed by atoms with E-state index in [-0.39, 0.29) is 5.82 Å². The maximum atomic E-state index is 12.1. The van der Waals surface area contributed by atoms with Gasteiger partial charge in [-0.3, -0.25) is 4.79 Å². The molecule has 72 valence electrons. The van der Waals surface area contributed by atoms with Gasteiger partial charge in [0.15, 0.2) is 5.69 Å². The molecule has 0 aromatic carbocycles. The molecule has 0 unspecified atom stereocenters. The van der Waals surface area contributed by atoms with E-state index in [0.29, 0.717) is 6.07 Å². The zero-order valence-corrected chi connectivity index (χ0v) is 7.01. The van der Waals surface area contributed by atoms with E-state index in [1.54, 1.807) is 0 Å². The van der Waals surface area contributed by atoms with Crippen molar-refractivity contribution >= 4 is 0 Å². The van der Waals surface area contributed by atoms with Crippen LogP contribution in [-0.4, -0.2) is 9.55 Å². The summed E-state index contributed by atoms with van der Waals surface area (Å²) in [4.78, 5) is 14.2. The summed E-state index contributed by atoms with van der Waals surface area (Å²) in [6, 6.07) is 0.479. The smallest absolute Gasteiger partial charge is 0.300 e. The van der Waals surface area contributed by atoms with Crippen LogP contribution in [0.4, 0.5) is 13.2 Å². The summed E-state index contributed by atoms with van der Waals surface area (Å²) in [5, 5.41) is 0. The van der Waals surface area contributed by atoms with E-state index in [9.17, 15) is 18.0 Å². The number of aryl methyl sites for hydroxylation is 1. The summed E-state index contributed by atoms with van der Waals surface area (Å²) >= 11 is 0. The van der Waals surface area contributed by atoms with Gasteiger partial charge in [0.2, 0.25) is 0 Å². The molecule has 0 amide bonds. The first-order chi connectivity index (χ1) is 5.82. The maximum Gasteiger partial charge on any atom is 0.433 e. The standard InChI is InChI=1S/C7H7F3N2O/c1-4-11-5(7(8,9)10)3-6(13)12(4)2/h3H,1-2H3. The molecule has 0 N–H and O–H groups in total. The molecule has 13 heavy (non-hydrogen) atoms. The van der Waals surface area contributed by atoms with Crippen LogP contribution in [0.15, 0.2) is 10.9 Å². The van der Waals surface area contributed by atoms with Gasteiger partial charge in [-0.15, -0.1) is 0 Å². The molecule has 1 rings (SSSR count). The summed E-state index contributed by atoms with van der Waals surface area (Å²) in [6.45, 7) is 1.34. The first-order valence-corrected chi connectivity index (χ1v) is 3.44. The number of nitrogens with zero attached hydrogens (tertiary/aromatic N) is 2. The molecule has 0 spiro atoms. The molecule has 1 aromatic heterocycles. The van der Waals surface area contributed by atoms with Crippen molar-refractivity contribution in [1.29, 1.82) is 0 Å². The first-order valence-electron chi connectivity index (χ1n) is 3.44. The molecule has 0 saturated carbocycles. The van der Waals surface area contributed by atoms with Crippen LogP contribution in [0.3, 0.4) is 0 Å². The van der Waals surface area contributed by atoms with Crippen molar-refractivity contribution in [3.8, 4) is 0 Å². The Morgan fingerprint density at radius 3 is 2.38 bits per heavy atom. The molecule has 0 radical (unpaired) electrons. The van der Waals surface area contributed by atoms with Crippen molar-refractivity contribution in [2.75, 3.05) is 0 Å². The Kier molecular flexibility index (Phi) is 2.15. The van der Waals surface area contributed by atoms with Gasteiger partial charge in [-0.1, -0.05) is 0 Å². The van der Waals surface area contributed by atoms with Gasteiger partial charge in [0.1, 0.15) is 5.82 Å². The Balaban J connectivity index is 3.38. The van der Waals surface area contributed by atoms with Gasteiger partial charge in [-0.05, 0) is 6.92 Å². The van der Waals surface area contributed by atoms with Gasteiger partial charge in [-0.2, -0.15) is 13.2 Å². The van der Waals surface area contributed by atoms with Crippen LogP contribution in [-0.2, 0) is 13.2 Å². The summed E-state index contributed by atoms with van der Waals surface area (Å²) < 4.78 is 37.3. The number of halogens is 3. The Labute approximate surface area is 71.8 Å². The van der Waals surface area contributed by atoms with Crippen LogP contribution < -0.4 is 5.56 Å². The van der Waals surface area contributed by atoms with E-state index in [4.69, 9.17) is 0 Å². The van der Waals surface area contributed by atoms with Gasteiger partial charge in [0.05, 0.1) is 0 Å². The minimum atomic E-state index is -4.56. The lowest BCUT2D eigenvalue weighted by atomic mass is 10.4. The van der Waals surface area contributed by atoms with Crippen molar-refractivity contribution in [2.45, 2.75) is 13.1 Å². The lowest BCUT2D eigenvalue weighted by Crippen LogP contribution is -2.23. The monoisotopic (exact) mass is 192 g/mol. The summed E-state index contributed by atoms with van der Waals surface area (Å²) in [6.07, 6.45) is -4.56. The van der Waals surface area contributed by atoms with E-state index in [0.717, 1.165) is 4.57 Å². The lowest BCUT2D eigenvalue weighted by Gasteiger charge is -2.07. The summed E-state index contributed by atoms with van der Waals surface area (Å²) in [5.74, 6) is 0.0415. The number of hydrogen-bond donors (Lipinski definition) is 0. The van der Waals surface area contributed by atoms with Gasteiger partial charge >= 0.3 is 6.18 Å². The predicted octanol–water partition coefficient (Wildman–Crippen LogP) is 1.11. The Morgan fingerprint density at radius 2 is 2.00 bits per heavy atom. The SMILES string of the molecule is Cc1nc(C(F)(F)F)cc(=O)n1C. The van der Waals surface area contributed by atoms with Crippen molar-refractivity contribution in [1.82, 2.24) is 9.55 Å². The number of hydrogen-bond acceptors (Lipinski definition) is 2. The van der Waals surface area contributed by atoms with E-state index >= 15 is 0 Å². The third-order valence-corrected chi connectivity index (χ3v) is 1.65. The minimum absolute atomic E-state index is 0.0415. The molecule has 1 heterocycles. The quantitative estimate of drug-likeness (QED) is 0.617. The van der Waals surface area contributed by atoms with Crippen LogP contribution in [0.1, 0.15) is 11.5 Å². The van der Waals surface area contributed by atoms with E-state index in [1.807, 2.05) is 0 Å². The minimum Gasteiger partial charge on any atom is -0.300 e. The topological polar surface area (TPSA) is 34.9 Å². The molecule has 0 aliphatic rings. The van der Waals surface area contributed by atoms with Crippen molar-refractivity contribution in [3.63, 3.8) is 0 Å². The molecule has 0 aliphatic carbocycles. The number of rotatable bonds is 0. The molecule has 0 atom stereocenters. The van der Waals surface area contributed by atoms with Crippen LogP contribution in [0, 0.1) is 6.92 Å². The van der Waals surface area contributed by atoms with Crippen LogP contribution in [0.25, 0.3) is 0 Å². The molecule has 0 bridgehead atoms. The van der Waals surface area contributed by atoms with E-state index in [1.165, 1.54) is 14.0 Å². The van der Waals surface area contributed by atoms with Crippen LogP contribution >= 0.6 is 0 Å². The number of aromatic nitrogens is 2. The Bertz CT molecular complexity index is 380. The van der Waals surface area contributed by atoms with E-state index in [2.05, 4.69) is 4.98 Å². The Morgan fingerprint density at radius 1 is 1.46 bits per heavy atom. The average molecular weight is 192 g/mol. The zero-order chi connectivity index (χ0) is 10.2. The third-order valence-electron chi connectivity index (χ3n) is 1.65. The maximum absolute atomic E-state index is 12.1. The van der Waals surface area contributed by atoms with Crippen molar-refractivity contribution in [3.05, 3.63) is 27.9 Å². The summed E-state index contributed by atoms with van der Waals surface area (Å²) in [5.41, 5.74) is -1.85. The highest BCUT2D eigenvalue weighted by Gasteiger charge is 2.33. The fourth-order valence-electron chi connectivity index (χ4n) is 0.800.